The molecule has 3 aromatic rings. The molecule has 2 heterocycles. The van der Waals surface area contributed by atoms with Gasteiger partial charge in [0, 0.05) is 25.5 Å². The predicted octanol–water partition coefficient (Wildman–Crippen LogP) is 3.58. The Balaban J connectivity index is 1.62. The Kier molecular flexibility index (Phi) is 4.56. The Morgan fingerprint density at radius 3 is 2.86 bits per heavy atom. The Morgan fingerprint density at radius 1 is 1.27 bits per heavy atom. The molecule has 1 aromatic carbocycles. The summed E-state index contributed by atoms with van der Waals surface area (Å²) in [6.45, 7) is 1.26. The van der Waals surface area contributed by atoms with Gasteiger partial charge in [-0.2, -0.15) is 0 Å². The first kappa shape index (κ1) is 14.8. The largest absolute Gasteiger partial charge is 0.347 e. The van der Waals surface area contributed by atoms with Crippen molar-refractivity contribution >= 4 is 28.8 Å². The first-order chi connectivity index (χ1) is 10.7. The van der Waals surface area contributed by atoms with E-state index >= 15 is 0 Å². The van der Waals surface area contributed by atoms with Crippen molar-refractivity contribution in [1.82, 2.24) is 14.9 Å². The summed E-state index contributed by atoms with van der Waals surface area (Å²) in [5.74, 6) is -0.100. The van der Waals surface area contributed by atoms with E-state index in [1.807, 2.05) is 22.9 Å². The van der Waals surface area contributed by atoms with Gasteiger partial charge in [-0.1, -0.05) is 35.9 Å². The fourth-order valence-electron chi connectivity index (χ4n) is 2.13. The summed E-state index contributed by atoms with van der Waals surface area (Å²) in [7, 11) is 0. The maximum absolute atomic E-state index is 12.0. The van der Waals surface area contributed by atoms with Crippen molar-refractivity contribution in [2.45, 2.75) is 13.1 Å². The molecule has 0 atom stereocenters. The Hall–Kier alpha value is -2.11. The summed E-state index contributed by atoms with van der Waals surface area (Å²) >= 11 is 7.12. The number of rotatable bonds is 5. The second-order valence-corrected chi connectivity index (χ2v) is 6.56. The third kappa shape index (κ3) is 3.75. The molecule has 0 spiro atoms. The zero-order chi connectivity index (χ0) is 15.4. The highest BCUT2D eigenvalue weighted by molar-refractivity contribution is 7.17. The number of aromatic nitrogens is 2. The minimum Gasteiger partial charge on any atom is -0.347 e. The first-order valence-corrected chi connectivity index (χ1v) is 7.97. The smallest absolute Gasteiger partial charge is 0.261 e. The number of hydrogen-bond acceptors (Lipinski definition) is 3. The van der Waals surface area contributed by atoms with E-state index in [-0.39, 0.29) is 5.91 Å². The van der Waals surface area contributed by atoms with Gasteiger partial charge in [-0.15, -0.1) is 11.3 Å². The van der Waals surface area contributed by atoms with Crippen molar-refractivity contribution in [3.8, 4) is 0 Å². The van der Waals surface area contributed by atoms with Gasteiger partial charge >= 0.3 is 0 Å². The first-order valence-electron chi connectivity index (χ1n) is 6.78. The van der Waals surface area contributed by atoms with E-state index < -0.39 is 0 Å². The molecule has 0 unspecified atom stereocenters. The van der Waals surface area contributed by atoms with E-state index in [1.54, 1.807) is 24.7 Å². The zero-order valence-corrected chi connectivity index (χ0v) is 13.3. The van der Waals surface area contributed by atoms with Crippen LogP contribution in [0.3, 0.4) is 0 Å². The standard InChI is InChI=1S/C16H14ClN3OS/c17-15-5-4-14(22-15)16(21)19-9-12-2-1-3-13(8-12)10-20-7-6-18-11-20/h1-8,11H,9-10H2,(H,19,21). The molecular weight excluding hydrogens is 318 g/mol. The van der Waals surface area contributed by atoms with Crippen LogP contribution in [0.5, 0.6) is 0 Å². The molecule has 0 fully saturated rings. The fraction of sp³-hybridized carbons (Fsp3) is 0.125. The van der Waals surface area contributed by atoms with E-state index in [2.05, 4.69) is 22.4 Å². The van der Waals surface area contributed by atoms with Crippen LogP contribution in [-0.2, 0) is 13.1 Å². The van der Waals surface area contributed by atoms with Gasteiger partial charge in [-0.05, 0) is 23.3 Å². The summed E-state index contributed by atoms with van der Waals surface area (Å²) in [6, 6.07) is 11.6. The minimum atomic E-state index is -0.100. The molecule has 0 radical (unpaired) electrons. The van der Waals surface area contributed by atoms with Crippen molar-refractivity contribution in [2.24, 2.45) is 0 Å². The number of carbonyl (C=O) groups excluding carboxylic acids is 1. The zero-order valence-electron chi connectivity index (χ0n) is 11.7. The lowest BCUT2D eigenvalue weighted by Crippen LogP contribution is -2.21. The number of imidazole rings is 1. The van der Waals surface area contributed by atoms with Crippen molar-refractivity contribution in [1.29, 1.82) is 0 Å². The van der Waals surface area contributed by atoms with Crippen LogP contribution in [0, 0.1) is 0 Å². The quantitative estimate of drug-likeness (QED) is 0.776. The van der Waals surface area contributed by atoms with Gasteiger partial charge in [0.05, 0.1) is 15.5 Å². The van der Waals surface area contributed by atoms with Crippen LogP contribution < -0.4 is 5.32 Å². The summed E-state index contributed by atoms with van der Waals surface area (Å²) in [4.78, 5) is 16.7. The molecule has 0 bridgehead atoms. The molecule has 0 saturated carbocycles. The SMILES string of the molecule is O=C(NCc1cccc(Cn2ccnc2)c1)c1ccc(Cl)s1. The van der Waals surface area contributed by atoms with E-state index in [0.717, 1.165) is 12.1 Å². The average Bonchev–Trinajstić information content (AvgIpc) is 3.17. The summed E-state index contributed by atoms with van der Waals surface area (Å²) in [5.41, 5.74) is 2.23. The van der Waals surface area contributed by atoms with Crippen molar-refractivity contribution in [3.05, 3.63) is 75.5 Å². The van der Waals surface area contributed by atoms with Crippen LogP contribution in [0.25, 0.3) is 0 Å². The number of nitrogens with zero attached hydrogens (tertiary/aromatic N) is 2. The van der Waals surface area contributed by atoms with Crippen molar-refractivity contribution < 1.29 is 4.79 Å². The molecular formula is C16H14ClN3OS. The summed E-state index contributed by atoms with van der Waals surface area (Å²) < 4.78 is 2.62. The van der Waals surface area contributed by atoms with Gasteiger partial charge in [0.25, 0.3) is 5.91 Å². The third-order valence-electron chi connectivity index (χ3n) is 3.17. The normalized spacial score (nSPS) is 10.6. The van der Waals surface area contributed by atoms with Crippen LogP contribution in [0.2, 0.25) is 4.34 Å². The van der Waals surface area contributed by atoms with Crippen LogP contribution in [0.4, 0.5) is 0 Å². The maximum atomic E-state index is 12.0. The van der Waals surface area contributed by atoms with Crippen molar-refractivity contribution in [2.75, 3.05) is 0 Å². The molecule has 0 aliphatic heterocycles. The van der Waals surface area contributed by atoms with Gasteiger partial charge < -0.3 is 9.88 Å². The van der Waals surface area contributed by atoms with Crippen LogP contribution >= 0.6 is 22.9 Å². The van der Waals surface area contributed by atoms with Crippen molar-refractivity contribution in [3.63, 3.8) is 0 Å². The molecule has 1 N–H and O–H groups in total. The number of amides is 1. The predicted molar refractivity (Wildman–Crippen MR) is 88.3 cm³/mol. The summed E-state index contributed by atoms with van der Waals surface area (Å²) in [5, 5.41) is 2.91. The second kappa shape index (κ2) is 6.77. The molecule has 112 valence electrons. The monoisotopic (exact) mass is 331 g/mol. The number of hydrogen-bond donors (Lipinski definition) is 1. The van der Waals surface area contributed by atoms with Crippen LogP contribution in [0.15, 0.2) is 55.1 Å². The van der Waals surface area contributed by atoms with Gasteiger partial charge in [-0.25, -0.2) is 4.98 Å². The lowest BCUT2D eigenvalue weighted by molar-refractivity contribution is 0.0955. The molecule has 6 heteroatoms. The number of nitrogens with one attached hydrogen (secondary N) is 1. The second-order valence-electron chi connectivity index (χ2n) is 4.84. The van der Waals surface area contributed by atoms with E-state index in [0.29, 0.717) is 15.8 Å². The van der Waals surface area contributed by atoms with Crippen LogP contribution in [-0.4, -0.2) is 15.5 Å². The lowest BCUT2D eigenvalue weighted by Gasteiger charge is -2.07. The Bertz CT molecular complexity index is 767. The summed E-state index contributed by atoms with van der Waals surface area (Å²) in [6.07, 6.45) is 5.47. The molecule has 0 aliphatic carbocycles. The fourth-order valence-corrected chi connectivity index (χ4v) is 3.09. The molecule has 1 amide bonds. The molecule has 2 aromatic heterocycles. The van der Waals surface area contributed by atoms with Crippen LogP contribution in [0.1, 0.15) is 20.8 Å². The van der Waals surface area contributed by atoms with E-state index in [4.69, 9.17) is 11.6 Å². The highest BCUT2D eigenvalue weighted by atomic mass is 35.5. The Labute approximate surface area is 137 Å². The average molecular weight is 332 g/mol. The number of carbonyl (C=O) groups is 1. The third-order valence-corrected chi connectivity index (χ3v) is 4.40. The molecule has 22 heavy (non-hydrogen) atoms. The molecule has 0 saturated heterocycles. The highest BCUT2D eigenvalue weighted by Gasteiger charge is 2.08. The van der Waals surface area contributed by atoms with E-state index in [1.165, 1.54) is 16.9 Å². The Morgan fingerprint density at radius 2 is 2.14 bits per heavy atom. The van der Waals surface area contributed by atoms with E-state index in [9.17, 15) is 4.79 Å². The topological polar surface area (TPSA) is 46.9 Å². The highest BCUT2D eigenvalue weighted by Crippen LogP contribution is 2.21. The molecule has 4 nitrogen and oxygen atoms in total. The number of thiophene rings is 1. The minimum absolute atomic E-state index is 0.100. The lowest BCUT2D eigenvalue weighted by atomic mass is 10.1. The van der Waals surface area contributed by atoms with Gasteiger partial charge in [0.2, 0.25) is 0 Å². The number of halogens is 1. The van der Waals surface area contributed by atoms with Gasteiger partial charge in [0.15, 0.2) is 0 Å². The molecule has 3 rings (SSSR count). The maximum Gasteiger partial charge on any atom is 0.261 e. The van der Waals surface area contributed by atoms with Gasteiger partial charge in [0.1, 0.15) is 0 Å². The number of benzene rings is 1. The molecule has 0 aliphatic rings. The van der Waals surface area contributed by atoms with Gasteiger partial charge in [-0.3, -0.25) is 4.79 Å².